The van der Waals surface area contributed by atoms with Gasteiger partial charge < -0.3 is 0 Å². The first-order chi connectivity index (χ1) is 20.6. The molecule has 0 bridgehead atoms. The molecule has 238 valence electrons. The minimum Gasteiger partial charge on any atom is -0.0817 e. The molecule has 0 aliphatic heterocycles. The van der Waals surface area contributed by atoms with Gasteiger partial charge >= 0.3 is 0 Å². The van der Waals surface area contributed by atoms with E-state index >= 15 is 0 Å². The molecule has 6 rings (SSSR count). The minimum absolute atomic E-state index is 0.910. The van der Waals surface area contributed by atoms with Crippen molar-refractivity contribution < 1.29 is 0 Å². The van der Waals surface area contributed by atoms with E-state index in [1.807, 2.05) is 11.1 Å². The molecule has 0 N–H and O–H groups in total. The zero-order valence-electron chi connectivity index (χ0n) is 28.3. The quantitative estimate of drug-likeness (QED) is 0.265. The van der Waals surface area contributed by atoms with E-state index in [4.69, 9.17) is 0 Å². The molecule has 0 radical (unpaired) electrons. The summed E-state index contributed by atoms with van der Waals surface area (Å²) in [7, 11) is 0. The van der Waals surface area contributed by atoms with E-state index in [2.05, 4.69) is 26.0 Å². The van der Waals surface area contributed by atoms with Crippen molar-refractivity contribution in [2.24, 2.45) is 59.2 Å². The van der Waals surface area contributed by atoms with E-state index in [-0.39, 0.29) is 0 Å². The third-order valence-corrected chi connectivity index (χ3v) is 14.3. The van der Waals surface area contributed by atoms with Crippen LogP contribution in [0.15, 0.2) is 23.3 Å². The zero-order valence-corrected chi connectivity index (χ0v) is 28.3. The minimum atomic E-state index is 0.910. The maximum absolute atomic E-state index is 2.94. The lowest BCUT2D eigenvalue weighted by atomic mass is 9.66. The molecule has 0 atom stereocenters. The van der Waals surface area contributed by atoms with Gasteiger partial charge in [-0.25, -0.2) is 0 Å². The lowest BCUT2D eigenvalue weighted by molar-refractivity contribution is 0.164. The van der Waals surface area contributed by atoms with Crippen LogP contribution in [0.4, 0.5) is 0 Å². The average molecular weight is 575 g/mol. The fraction of sp³-hybridized carbons (Fsp3) is 0.905. The second kappa shape index (κ2) is 15.7. The van der Waals surface area contributed by atoms with Crippen LogP contribution in [-0.2, 0) is 0 Å². The monoisotopic (exact) mass is 575 g/mol. The second-order valence-electron chi connectivity index (χ2n) is 17.3. The fourth-order valence-electron chi connectivity index (χ4n) is 11.4. The molecule has 6 saturated carbocycles. The maximum atomic E-state index is 2.94. The summed E-state index contributed by atoms with van der Waals surface area (Å²) in [6, 6.07) is 0. The Morgan fingerprint density at radius 1 is 0.333 bits per heavy atom. The molecule has 0 aromatic carbocycles. The summed E-state index contributed by atoms with van der Waals surface area (Å²) in [5.74, 6) is 9.66. The van der Waals surface area contributed by atoms with Gasteiger partial charge in [-0.1, -0.05) is 101 Å². The first kappa shape index (κ1) is 31.5. The standard InChI is InChI=1S/C42H70/c1-31-13-21-39(22-14-31)41(37-9-5-3-6-10-37)29-33-17-25-35(26-18-33)36-27-19-34(20-28-36)30-42(38-11-7-4-8-12-38)40-23-15-32(2)16-24-40/h29-40H,3-28H2,1-2H3. The largest absolute Gasteiger partial charge is 0.0817 e. The van der Waals surface area contributed by atoms with E-state index in [9.17, 15) is 0 Å². The van der Waals surface area contributed by atoms with Crippen molar-refractivity contribution in [2.45, 2.75) is 181 Å². The van der Waals surface area contributed by atoms with Gasteiger partial charge in [-0.3, -0.25) is 0 Å². The van der Waals surface area contributed by atoms with Crippen molar-refractivity contribution in [2.75, 3.05) is 0 Å². The lowest BCUT2D eigenvalue weighted by Crippen LogP contribution is -2.27. The van der Waals surface area contributed by atoms with Crippen LogP contribution in [0, 0.1) is 59.2 Å². The SMILES string of the molecule is CC1CCC(C(=CC2CCC(C3CCC(C=C(C4CCCCC4)C4CCC(C)CC4)CC3)CC2)C2CCCCC2)CC1. The normalized spacial score (nSPS) is 40.6. The number of hydrogen-bond donors (Lipinski definition) is 0. The number of hydrogen-bond acceptors (Lipinski definition) is 0. The molecule has 0 aromatic rings. The van der Waals surface area contributed by atoms with Gasteiger partial charge in [0.15, 0.2) is 0 Å². The summed E-state index contributed by atoms with van der Waals surface area (Å²) >= 11 is 0. The first-order valence-electron chi connectivity index (χ1n) is 20.1. The molecular formula is C42H70. The summed E-state index contributed by atoms with van der Waals surface area (Å²) in [4.78, 5) is 0. The van der Waals surface area contributed by atoms with Crippen LogP contribution in [0.25, 0.3) is 0 Å². The molecule has 0 amide bonds. The predicted molar refractivity (Wildman–Crippen MR) is 182 cm³/mol. The Bertz CT molecular complexity index is 760. The highest BCUT2D eigenvalue weighted by atomic mass is 14.4. The molecule has 0 unspecified atom stereocenters. The Kier molecular flexibility index (Phi) is 11.7. The Labute approximate surface area is 262 Å². The molecule has 42 heavy (non-hydrogen) atoms. The van der Waals surface area contributed by atoms with Gasteiger partial charge in [-0.05, 0) is 162 Å². The van der Waals surface area contributed by atoms with Crippen LogP contribution in [0.2, 0.25) is 0 Å². The van der Waals surface area contributed by atoms with E-state index in [0.29, 0.717) is 0 Å². The van der Waals surface area contributed by atoms with Gasteiger partial charge in [0.25, 0.3) is 0 Å². The second-order valence-corrected chi connectivity index (χ2v) is 17.3. The van der Waals surface area contributed by atoms with Crippen molar-refractivity contribution >= 4 is 0 Å². The van der Waals surface area contributed by atoms with Crippen molar-refractivity contribution in [3.8, 4) is 0 Å². The fourth-order valence-corrected chi connectivity index (χ4v) is 11.4. The third-order valence-electron chi connectivity index (χ3n) is 14.3. The van der Waals surface area contributed by atoms with E-state index in [0.717, 1.165) is 59.2 Å². The number of allylic oxidation sites excluding steroid dienone is 4. The summed E-state index contributed by atoms with van der Waals surface area (Å²) in [6.07, 6.45) is 45.0. The highest BCUT2D eigenvalue weighted by molar-refractivity contribution is 5.16. The summed E-state index contributed by atoms with van der Waals surface area (Å²) in [6.45, 7) is 5.00. The summed E-state index contributed by atoms with van der Waals surface area (Å²) in [5.41, 5.74) is 3.97. The third kappa shape index (κ3) is 8.39. The summed E-state index contributed by atoms with van der Waals surface area (Å²) < 4.78 is 0. The molecule has 0 heteroatoms. The van der Waals surface area contributed by atoms with Gasteiger partial charge in [0.1, 0.15) is 0 Å². The molecule has 0 nitrogen and oxygen atoms in total. The van der Waals surface area contributed by atoms with Crippen LogP contribution >= 0.6 is 0 Å². The van der Waals surface area contributed by atoms with Gasteiger partial charge in [0, 0.05) is 0 Å². The van der Waals surface area contributed by atoms with Gasteiger partial charge in [0.05, 0.1) is 0 Å². The van der Waals surface area contributed by atoms with Gasteiger partial charge in [-0.2, -0.15) is 0 Å². The van der Waals surface area contributed by atoms with Crippen LogP contribution in [0.5, 0.6) is 0 Å². The van der Waals surface area contributed by atoms with Crippen molar-refractivity contribution in [1.29, 1.82) is 0 Å². The van der Waals surface area contributed by atoms with Crippen LogP contribution in [0.1, 0.15) is 181 Å². The van der Waals surface area contributed by atoms with Crippen molar-refractivity contribution in [3.63, 3.8) is 0 Å². The van der Waals surface area contributed by atoms with Crippen LogP contribution in [-0.4, -0.2) is 0 Å². The molecule has 0 heterocycles. The lowest BCUT2D eigenvalue weighted by Gasteiger charge is -2.39. The molecule has 0 saturated heterocycles. The zero-order chi connectivity index (χ0) is 28.7. The Morgan fingerprint density at radius 2 is 0.643 bits per heavy atom. The van der Waals surface area contributed by atoms with Crippen LogP contribution < -0.4 is 0 Å². The smallest absolute Gasteiger partial charge is 0.0200 e. The van der Waals surface area contributed by atoms with Crippen molar-refractivity contribution in [1.82, 2.24) is 0 Å². The van der Waals surface area contributed by atoms with Crippen molar-refractivity contribution in [3.05, 3.63) is 23.3 Å². The van der Waals surface area contributed by atoms with E-state index in [1.165, 1.54) is 141 Å². The highest BCUT2D eigenvalue weighted by Crippen LogP contribution is 2.47. The Balaban J connectivity index is 1.02. The molecule has 6 aliphatic carbocycles. The number of rotatable bonds is 7. The van der Waals surface area contributed by atoms with Gasteiger partial charge in [-0.15, -0.1) is 0 Å². The Morgan fingerprint density at radius 3 is 0.976 bits per heavy atom. The average Bonchev–Trinajstić information content (AvgIpc) is 3.05. The summed E-state index contributed by atoms with van der Waals surface area (Å²) in [5, 5.41) is 0. The van der Waals surface area contributed by atoms with E-state index in [1.54, 1.807) is 25.7 Å². The molecular weight excluding hydrogens is 504 g/mol. The predicted octanol–water partition coefficient (Wildman–Crippen LogP) is 13.3. The molecule has 0 spiro atoms. The molecule has 0 aromatic heterocycles. The molecule has 6 fully saturated rings. The Hall–Kier alpha value is -0.520. The highest BCUT2D eigenvalue weighted by Gasteiger charge is 2.34. The first-order valence-corrected chi connectivity index (χ1v) is 20.1. The van der Waals surface area contributed by atoms with Crippen LogP contribution in [0.3, 0.4) is 0 Å². The molecule has 6 aliphatic rings. The van der Waals surface area contributed by atoms with Gasteiger partial charge in [0.2, 0.25) is 0 Å². The van der Waals surface area contributed by atoms with E-state index < -0.39 is 0 Å². The maximum Gasteiger partial charge on any atom is -0.0200 e. The topological polar surface area (TPSA) is 0 Å².